The summed E-state index contributed by atoms with van der Waals surface area (Å²) in [6, 6.07) is 6.01. The molecule has 2 amide bonds. The molecule has 0 saturated carbocycles. The van der Waals surface area contributed by atoms with Crippen LogP contribution in [0.25, 0.3) is 0 Å². The normalized spacial score (nSPS) is 15.6. The highest BCUT2D eigenvalue weighted by molar-refractivity contribution is 5.90. The van der Waals surface area contributed by atoms with Gasteiger partial charge in [0, 0.05) is 38.2 Å². The summed E-state index contributed by atoms with van der Waals surface area (Å²) in [7, 11) is 0. The number of halogens is 3. The Morgan fingerprint density at radius 3 is 2.58 bits per heavy atom. The summed E-state index contributed by atoms with van der Waals surface area (Å²) >= 11 is 0. The lowest BCUT2D eigenvalue weighted by Gasteiger charge is -2.32. The van der Waals surface area contributed by atoms with Gasteiger partial charge in [0.05, 0.1) is 11.3 Å². The van der Waals surface area contributed by atoms with Crippen molar-refractivity contribution in [2.45, 2.75) is 25.1 Å². The standard InChI is InChI=1S/C17H17F3N4O2/c18-17(19,20)13-3-1-2-4-14(13)23-16(25)24-9-6-12(7-10-24)26-15-5-8-21-11-22-15/h1-5,8,11-12H,6-7,9-10H2,(H,23,25). The molecule has 9 heteroatoms. The third-order valence-corrected chi connectivity index (χ3v) is 4.05. The van der Waals surface area contributed by atoms with E-state index in [1.165, 1.54) is 29.4 Å². The third kappa shape index (κ3) is 4.41. The zero-order chi connectivity index (χ0) is 18.6. The lowest BCUT2D eigenvalue weighted by Crippen LogP contribution is -2.44. The van der Waals surface area contributed by atoms with Gasteiger partial charge in [-0.15, -0.1) is 0 Å². The second-order valence-electron chi connectivity index (χ2n) is 5.83. The monoisotopic (exact) mass is 366 g/mol. The van der Waals surface area contributed by atoms with E-state index >= 15 is 0 Å². The number of nitrogens with zero attached hydrogens (tertiary/aromatic N) is 3. The van der Waals surface area contributed by atoms with Crippen molar-refractivity contribution in [3.05, 3.63) is 48.4 Å². The van der Waals surface area contributed by atoms with E-state index in [0.29, 0.717) is 31.8 Å². The number of piperidine rings is 1. The molecule has 1 saturated heterocycles. The lowest BCUT2D eigenvalue weighted by atomic mass is 10.1. The molecule has 0 radical (unpaired) electrons. The second kappa shape index (κ2) is 7.59. The number of ether oxygens (including phenoxy) is 1. The Balaban J connectivity index is 1.56. The van der Waals surface area contributed by atoms with Gasteiger partial charge in [0.25, 0.3) is 0 Å². The van der Waals surface area contributed by atoms with Crippen molar-refractivity contribution in [2.75, 3.05) is 18.4 Å². The van der Waals surface area contributed by atoms with Gasteiger partial charge < -0.3 is 15.0 Å². The molecule has 26 heavy (non-hydrogen) atoms. The van der Waals surface area contributed by atoms with E-state index < -0.39 is 17.8 Å². The van der Waals surface area contributed by atoms with Crippen molar-refractivity contribution in [1.29, 1.82) is 0 Å². The van der Waals surface area contributed by atoms with E-state index in [1.54, 1.807) is 12.3 Å². The Kier molecular flexibility index (Phi) is 5.24. The average molecular weight is 366 g/mol. The van der Waals surface area contributed by atoms with Crippen LogP contribution in [0.1, 0.15) is 18.4 Å². The first-order chi connectivity index (χ1) is 12.4. The molecule has 2 heterocycles. The van der Waals surface area contributed by atoms with Gasteiger partial charge in [-0.2, -0.15) is 13.2 Å². The Hall–Kier alpha value is -2.84. The Morgan fingerprint density at radius 1 is 1.19 bits per heavy atom. The molecule has 3 rings (SSSR count). The largest absolute Gasteiger partial charge is 0.474 e. The smallest absolute Gasteiger partial charge is 0.418 e. The number of carbonyl (C=O) groups excluding carboxylic acids is 1. The van der Waals surface area contributed by atoms with Gasteiger partial charge in [-0.1, -0.05) is 12.1 Å². The number of benzene rings is 1. The molecule has 1 aliphatic heterocycles. The van der Waals surface area contributed by atoms with Crippen LogP contribution in [0.3, 0.4) is 0 Å². The number of para-hydroxylation sites is 1. The van der Waals surface area contributed by atoms with Crippen LogP contribution in [0.5, 0.6) is 5.88 Å². The Labute approximate surface area is 148 Å². The molecule has 6 nitrogen and oxygen atoms in total. The summed E-state index contributed by atoms with van der Waals surface area (Å²) in [5.41, 5.74) is -1.11. The highest BCUT2D eigenvalue weighted by Crippen LogP contribution is 2.34. The number of aromatic nitrogens is 2. The van der Waals surface area contributed by atoms with Gasteiger partial charge >= 0.3 is 12.2 Å². The van der Waals surface area contributed by atoms with Crippen LogP contribution in [0, 0.1) is 0 Å². The number of carbonyl (C=O) groups is 1. The van der Waals surface area contributed by atoms with E-state index in [2.05, 4.69) is 15.3 Å². The van der Waals surface area contributed by atoms with Crippen molar-refractivity contribution >= 4 is 11.7 Å². The fourth-order valence-electron chi connectivity index (χ4n) is 2.73. The molecular formula is C17H17F3N4O2. The van der Waals surface area contributed by atoms with Crippen LogP contribution in [-0.4, -0.2) is 40.1 Å². The van der Waals surface area contributed by atoms with Crippen molar-refractivity contribution < 1.29 is 22.7 Å². The summed E-state index contributed by atoms with van der Waals surface area (Å²) in [6.07, 6.45) is -0.533. The fraction of sp³-hybridized carbons (Fsp3) is 0.353. The first-order valence-electron chi connectivity index (χ1n) is 8.08. The molecule has 1 aromatic heterocycles. The lowest BCUT2D eigenvalue weighted by molar-refractivity contribution is -0.136. The van der Waals surface area contributed by atoms with Crippen molar-refractivity contribution in [3.63, 3.8) is 0 Å². The summed E-state index contributed by atoms with van der Waals surface area (Å²) in [6.45, 7) is 0.769. The van der Waals surface area contributed by atoms with Crippen LogP contribution in [0.2, 0.25) is 0 Å². The first kappa shape index (κ1) is 18.0. The Bertz CT molecular complexity index is 747. The van der Waals surface area contributed by atoms with E-state index in [0.717, 1.165) is 6.07 Å². The second-order valence-corrected chi connectivity index (χ2v) is 5.83. The summed E-state index contributed by atoms with van der Waals surface area (Å²) in [5, 5.41) is 2.36. The van der Waals surface area contributed by atoms with Crippen LogP contribution < -0.4 is 10.1 Å². The molecule has 1 aliphatic rings. The number of anilines is 1. The number of likely N-dealkylation sites (tertiary alicyclic amines) is 1. The predicted molar refractivity (Wildman–Crippen MR) is 87.7 cm³/mol. The van der Waals surface area contributed by atoms with Crippen LogP contribution >= 0.6 is 0 Å². The highest BCUT2D eigenvalue weighted by atomic mass is 19.4. The number of urea groups is 1. The van der Waals surface area contributed by atoms with E-state index in [4.69, 9.17) is 4.74 Å². The van der Waals surface area contributed by atoms with E-state index in [1.807, 2.05) is 0 Å². The summed E-state index contributed by atoms with van der Waals surface area (Å²) < 4.78 is 44.7. The molecule has 0 spiro atoms. The Morgan fingerprint density at radius 2 is 1.92 bits per heavy atom. The summed E-state index contributed by atoms with van der Waals surface area (Å²) in [5.74, 6) is 0.460. The number of hydrogen-bond acceptors (Lipinski definition) is 4. The van der Waals surface area contributed by atoms with Gasteiger partial charge in [-0.25, -0.2) is 14.8 Å². The minimum Gasteiger partial charge on any atom is -0.474 e. The van der Waals surface area contributed by atoms with Gasteiger partial charge in [0.2, 0.25) is 5.88 Å². The van der Waals surface area contributed by atoms with Gasteiger partial charge in [-0.3, -0.25) is 0 Å². The molecule has 2 aromatic rings. The van der Waals surface area contributed by atoms with E-state index in [-0.39, 0.29) is 11.8 Å². The van der Waals surface area contributed by atoms with Gasteiger partial charge in [0.1, 0.15) is 12.4 Å². The minimum atomic E-state index is -4.53. The number of hydrogen-bond donors (Lipinski definition) is 1. The maximum Gasteiger partial charge on any atom is 0.418 e. The topological polar surface area (TPSA) is 67.4 Å². The van der Waals surface area contributed by atoms with Crippen molar-refractivity contribution in [2.24, 2.45) is 0 Å². The van der Waals surface area contributed by atoms with Gasteiger partial charge in [-0.05, 0) is 12.1 Å². The van der Waals surface area contributed by atoms with Gasteiger partial charge in [0.15, 0.2) is 0 Å². The summed E-state index contributed by atoms with van der Waals surface area (Å²) in [4.78, 5) is 21.6. The number of alkyl halides is 3. The molecule has 1 aromatic carbocycles. The van der Waals surface area contributed by atoms with Crippen LogP contribution in [-0.2, 0) is 6.18 Å². The molecule has 1 N–H and O–H groups in total. The van der Waals surface area contributed by atoms with Crippen molar-refractivity contribution in [3.8, 4) is 5.88 Å². The fourth-order valence-corrected chi connectivity index (χ4v) is 2.73. The SMILES string of the molecule is O=C(Nc1ccccc1C(F)(F)F)N1CCC(Oc2ccncn2)CC1. The quantitative estimate of drug-likeness (QED) is 0.902. The average Bonchev–Trinajstić information content (AvgIpc) is 2.63. The highest BCUT2D eigenvalue weighted by Gasteiger charge is 2.34. The minimum absolute atomic E-state index is 0.101. The van der Waals surface area contributed by atoms with E-state index in [9.17, 15) is 18.0 Å². The predicted octanol–water partition coefficient (Wildman–Crippen LogP) is 3.57. The molecular weight excluding hydrogens is 349 g/mol. The molecule has 0 atom stereocenters. The van der Waals surface area contributed by atoms with Crippen LogP contribution in [0.15, 0.2) is 42.9 Å². The number of rotatable bonds is 3. The number of amides is 2. The number of nitrogens with one attached hydrogen (secondary N) is 1. The molecule has 1 fully saturated rings. The zero-order valence-electron chi connectivity index (χ0n) is 13.7. The first-order valence-corrected chi connectivity index (χ1v) is 8.08. The van der Waals surface area contributed by atoms with Crippen LogP contribution in [0.4, 0.5) is 23.7 Å². The molecule has 0 bridgehead atoms. The third-order valence-electron chi connectivity index (χ3n) is 4.05. The van der Waals surface area contributed by atoms with Crippen molar-refractivity contribution in [1.82, 2.24) is 14.9 Å². The molecule has 0 aliphatic carbocycles. The maximum absolute atomic E-state index is 13.0. The molecule has 0 unspecified atom stereocenters. The zero-order valence-corrected chi connectivity index (χ0v) is 13.7. The maximum atomic E-state index is 13.0. The molecule has 138 valence electrons.